The van der Waals surface area contributed by atoms with Crippen molar-refractivity contribution in [3.8, 4) is 0 Å². The number of carboxylic acid groups (broad SMARTS) is 1. The molecule has 0 spiro atoms. The maximum atomic E-state index is 12.6. The maximum absolute atomic E-state index is 12.6. The van der Waals surface area contributed by atoms with E-state index in [1.54, 1.807) is 18.2 Å². The molecule has 0 bridgehead atoms. The Morgan fingerprint density at radius 3 is 2.58 bits per heavy atom. The smallest absolute Gasteiger partial charge is 0.335 e. The summed E-state index contributed by atoms with van der Waals surface area (Å²) in [6.45, 7) is 5.04. The Kier molecular flexibility index (Phi) is 5.04. The van der Waals surface area contributed by atoms with Gasteiger partial charge in [0.2, 0.25) is 0 Å². The second kappa shape index (κ2) is 7.21. The molecule has 0 aliphatic carbocycles. The molecule has 0 aromatic heterocycles. The van der Waals surface area contributed by atoms with Gasteiger partial charge < -0.3 is 19.8 Å². The summed E-state index contributed by atoms with van der Waals surface area (Å²) < 4.78 is 0. The highest BCUT2D eigenvalue weighted by Gasteiger charge is 2.30. The van der Waals surface area contributed by atoms with Gasteiger partial charge in [-0.3, -0.25) is 0 Å². The summed E-state index contributed by atoms with van der Waals surface area (Å²) in [6, 6.07) is 7.28. The van der Waals surface area contributed by atoms with E-state index in [9.17, 15) is 9.59 Å². The Morgan fingerprint density at radius 1 is 1.12 bits per heavy atom. The van der Waals surface area contributed by atoms with Crippen LogP contribution in [0.1, 0.15) is 22.3 Å². The first-order valence-electron chi connectivity index (χ1n) is 8.57. The average molecular weight is 331 g/mol. The lowest BCUT2D eigenvalue weighted by atomic mass is 9.97. The molecule has 130 valence electrons. The highest BCUT2D eigenvalue weighted by Crippen LogP contribution is 2.22. The van der Waals surface area contributed by atoms with E-state index in [4.69, 9.17) is 5.11 Å². The fourth-order valence-corrected chi connectivity index (χ4v) is 3.54. The fourth-order valence-electron chi connectivity index (χ4n) is 3.54. The van der Waals surface area contributed by atoms with E-state index >= 15 is 0 Å². The third-order valence-corrected chi connectivity index (χ3v) is 5.03. The molecule has 1 unspecified atom stereocenters. The molecule has 2 aliphatic rings. The number of likely N-dealkylation sites (N-methyl/N-ethyl adjacent to an activating group) is 1. The number of likely N-dealkylation sites (tertiary alicyclic amines) is 1. The molecule has 2 fully saturated rings. The molecule has 2 saturated heterocycles. The van der Waals surface area contributed by atoms with Crippen LogP contribution in [0.4, 0.5) is 4.79 Å². The lowest BCUT2D eigenvalue weighted by Gasteiger charge is -2.35. The maximum Gasteiger partial charge on any atom is 0.335 e. The Morgan fingerprint density at radius 2 is 1.88 bits per heavy atom. The van der Waals surface area contributed by atoms with Crippen molar-refractivity contribution in [2.75, 3.05) is 46.3 Å². The summed E-state index contributed by atoms with van der Waals surface area (Å²) in [7, 11) is 2.08. The minimum atomic E-state index is -0.893. The van der Waals surface area contributed by atoms with E-state index in [0.717, 1.165) is 57.7 Å². The zero-order chi connectivity index (χ0) is 17.1. The number of hydrogen-bond acceptors (Lipinski definition) is 3. The van der Waals surface area contributed by atoms with Gasteiger partial charge in [-0.2, -0.15) is 0 Å². The number of hydrogen-bond donors (Lipinski definition) is 1. The van der Waals surface area contributed by atoms with E-state index in [0.29, 0.717) is 11.5 Å². The zero-order valence-corrected chi connectivity index (χ0v) is 14.1. The lowest BCUT2D eigenvalue weighted by Crippen LogP contribution is -2.51. The molecule has 0 radical (unpaired) electrons. The lowest BCUT2D eigenvalue weighted by molar-refractivity contribution is 0.0696. The van der Waals surface area contributed by atoms with Gasteiger partial charge in [0.05, 0.1) is 5.56 Å². The van der Waals surface area contributed by atoms with Gasteiger partial charge in [-0.1, -0.05) is 12.1 Å². The number of carboxylic acids is 1. The molecule has 3 rings (SSSR count). The molecule has 6 heteroatoms. The monoisotopic (exact) mass is 331 g/mol. The van der Waals surface area contributed by atoms with E-state index in [1.807, 2.05) is 15.9 Å². The third kappa shape index (κ3) is 3.87. The van der Waals surface area contributed by atoms with Crippen LogP contribution < -0.4 is 0 Å². The van der Waals surface area contributed by atoms with E-state index in [-0.39, 0.29) is 6.03 Å². The highest BCUT2D eigenvalue weighted by molar-refractivity contribution is 5.87. The first-order chi connectivity index (χ1) is 11.5. The molecule has 2 aliphatic heterocycles. The van der Waals surface area contributed by atoms with Crippen molar-refractivity contribution in [2.45, 2.75) is 12.8 Å². The van der Waals surface area contributed by atoms with Crippen LogP contribution in [0, 0.1) is 5.92 Å². The number of aromatic carboxylic acids is 1. The first kappa shape index (κ1) is 16.8. The predicted molar refractivity (Wildman–Crippen MR) is 91.3 cm³/mol. The third-order valence-electron chi connectivity index (χ3n) is 5.03. The Hall–Kier alpha value is -2.08. The van der Waals surface area contributed by atoms with Crippen molar-refractivity contribution in [3.05, 3.63) is 35.4 Å². The summed E-state index contributed by atoms with van der Waals surface area (Å²) in [5.74, 6) is -0.486. The zero-order valence-electron chi connectivity index (χ0n) is 14.1. The van der Waals surface area contributed by atoms with E-state index in [1.165, 1.54) is 0 Å². The summed E-state index contributed by atoms with van der Waals surface area (Å²) in [5.41, 5.74) is 1.37. The SMILES string of the molecule is CN1CCN(C(=O)N2CCC(Cc3cccc(C(=O)O)c3)C2)CC1. The minimum Gasteiger partial charge on any atom is -0.478 e. The van der Waals surface area contributed by atoms with Crippen molar-refractivity contribution in [1.82, 2.24) is 14.7 Å². The van der Waals surface area contributed by atoms with Gasteiger partial charge >= 0.3 is 12.0 Å². The second-order valence-corrected chi connectivity index (χ2v) is 6.88. The molecule has 1 atom stereocenters. The van der Waals surface area contributed by atoms with Crippen LogP contribution in [-0.4, -0.2) is 78.1 Å². The number of urea groups is 1. The molecule has 0 saturated carbocycles. The summed E-state index contributed by atoms with van der Waals surface area (Å²) in [5, 5.41) is 9.09. The van der Waals surface area contributed by atoms with Crippen molar-refractivity contribution < 1.29 is 14.7 Å². The van der Waals surface area contributed by atoms with Gasteiger partial charge in [0.15, 0.2) is 0 Å². The average Bonchev–Trinajstić information content (AvgIpc) is 3.03. The largest absolute Gasteiger partial charge is 0.478 e. The minimum absolute atomic E-state index is 0.157. The normalized spacial score (nSPS) is 22.0. The molecule has 2 amide bonds. The molecular formula is C18H25N3O3. The molecule has 6 nitrogen and oxygen atoms in total. The molecule has 2 heterocycles. The standard InChI is InChI=1S/C18H25N3O3/c1-19-7-9-20(10-8-19)18(24)21-6-5-15(13-21)11-14-3-2-4-16(12-14)17(22)23/h2-4,12,15H,5-11,13H2,1H3,(H,22,23). The number of rotatable bonds is 3. The van der Waals surface area contributed by atoms with Gasteiger partial charge in [-0.05, 0) is 43.5 Å². The van der Waals surface area contributed by atoms with Crippen LogP contribution >= 0.6 is 0 Å². The van der Waals surface area contributed by atoms with Crippen LogP contribution in [0.15, 0.2) is 24.3 Å². The van der Waals surface area contributed by atoms with Crippen molar-refractivity contribution in [1.29, 1.82) is 0 Å². The van der Waals surface area contributed by atoms with E-state index < -0.39 is 5.97 Å². The molecule has 1 aromatic rings. The van der Waals surface area contributed by atoms with Crippen molar-refractivity contribution in [2.24, 2.45) is 5.92 Å². The second-order valence-electron chi connectivity index (χ2n) is 6.88. The van der Waals surface area contributed by atoms with Gasteiger partial charge in [-0.25, -0.2) is 9.59 Å². The highest BCUT2D eigenvalue weighted by atomic mass is 16.4. The quantitative estimate of drug-likeness (QED) is 0.914. The number of nitrogens with zero attached hydrogens (tertiary/aromatic N) is 3. The van der Waals surface area contributed by atoms with Crippen LogP contribution in [0.5, 0.6) is 0 Å². The Balaban J connectivity index is 1.54. The summed E-state index contributed by atoms with van der Waals surface area (Å²) in [4.78, 5) is 29.8. The molecule has 24 heavy (non-hydrogen) atoms. The first-order valence-corrected chi connectivity index (χ1v) is 8.57. The number of amides is 2. The van der Waals surface area contributed by atoms with Crippen LogP contribution in [0.25, 0.3) is 0 Å². The predicted octanol–water partition coefficient (Wildman–Crippen LogP) is 1.62. The number of benzene rings is 1. The summed E-state index contributed by atoms with van der Waals surface area (Å²) in [6.07, 6.45) is 1.81. The van der Waals surface area contributed by atoms with Crippen LogP contribution in [0.2, 0.25) is 0 Å². The van der Waals surface area contributed by atoms with Gasteiger partial charge in [-0.15, -0.1) is 0 Å². The Bertz CT molecular complexity index is 611. The van der Waals surface area contributed by atoms with Crippen molar-refractivity contribution in [3.63, 3.8) is 0 Å². The van der Waals surface area contributed by atoms with Gasteiger partial charge in [0, 0.05) is 39.3 Å². The number of carbonyl (C=O) groups excluding carboxylic acids is 1. The Labute approximate surface area is 142 Å². The fraction of sp³-hybridized carbons (Fsp3) is 0.556. The summed E-state index contributed by atoms with van der Waals surface area (Å²) >= 11 is 0. The molecular weight excluding hydrogens is 306 g/mol. The van der Waals surface area contributed by atoms with Crippen molar-refractivity contribution >= 4 is 12.0 Å². The van der Waals surface area contributed by atoms with Gasteiger partial charge in [0.1, 0.15) is 0 Å². The van der Waals surface area contributed by atoms with E-state index in [2.05, 4.69) is 11.9 Å². The van der Waals surface area contributed by atoms with Gasteiger partial charge in [0.25, 0.3) is 0 Å². The van der Waals surface area contributed by atoms with Crippen LogP contribution in [-0.2, 0) is 6.42 Å². The molecule has 1 aromatic carbocycles. The topological polar surface area (TPSA) is 64.1 Å². The molecule has 1 N–H and O–H groups in total. The number of piperazine rings is 1. The van der Waals surface area contributed by atoms with Crippen LogP contribution in [0.3, 0.4) is 0 Å². The number of carbonyl (C=O) groups is 2.